The Hall–Kier alpha value is -2.81. The van der Waals surface area contributed by atoms with Crippen LogP contribution in [0.15, 0.2) is 67.0 Å². The Morgan fingerprint density at radius 3 is 2.44 bits per heavy atom. The fourth-order valence-corrected chi connectivity index (χ4v) is 3.09. The number of rotatable bonds is 5. The van der Waals surface area contributed by atoms with Gasteiger partial charge in [0.1, 0.15) is 0 Å². The van der Waals surface area contributed by atoms with Gasteiger partial charge in [-0.05, 0) is 55.7 Å². The quantitative estimate of drug-likeness (QED) is 0.698. The maximum Gasteiger partial charge on any atom is 0.226 e. The minimum Gasteiger partial charge on any atom is -0.346 e. The summed E-state index contributed by atoms with van der Waals surface area (Å²) >= 11 is 0. The minimum atomic E-state index is -0.0139. The van der Waals surface area contributed by atoms with Crippen molar-refractivity contribution in [1.29, 1.82) is 0 Å². The van der Waals surface area contributed by atoms with Gasteiger partial charge in [0.15, 0.2) is 0 Å². The van der Waals surface area contributed by atoms with Crippen molar-refractivity contribution in [2.24, 2.45) is 0 Å². The fourth-order valence-electron chi connectivity index (χ4n) is 3.09. The zero-order valence-electron chi connectivity index (χ0n) is 15.0. The molecule has 128 valence electrons. The molecular formula is C22H24N2O. The lowest BCUT2D eigenvalue weighted by molar-refractivity contribution is -0.116. The van der Waals surface area contributed by atoms with Gasteiger partial charge in [0.05, 0.1) is 12.5 Å². The van der Waals surface area contributed by atoms with E-state index in [0.717, 1.165) is 16.8 Å². The first-order valence-electron chi connectivity index (χ1n) is 8.59. The van der Waals surface area contributed by atoms with Crippen molar-refractivity contribution in [3.8, 4) is 0 Å². The molecule has 1 N–H and O–H groups in total. The standard InChI is InChI=1S/C22H24N2O/c1-16-8-6-10-19(14-16)21(24-12-4-5-13-24)15-22(25)23-20-11-7-9-17(2)18(20)3/h4-14,21H,15H2,1-3H3,(H,23,25)/t21-/m0/s1. The number of carbonyl (C=O) groups is 1. The molecule has 0 bridgehead atoms. The molecule has 3 rings (SSSR count). The lowest BCUT2D eigenvalue weighted by Crippen LogP contribution is -2.20. The lowest BCUT2D eigenvalue weighted by Gasteiger charge is -2.20. The first kappa shape index (κ1) is 17.0. The number of anilines is 1. The summed E-state index contributed by atoms with van der Waals surface area (Å²) in [7, 11) is 0. The smallest absolute Gasteiger partial charge is 0.226 e. The summed E-state index contributed by atoms with van der Waals surface area (Å²) in [5.41, 5.74) is 5.53. The van der Waals surface area contributed by atoms with E-state index in [4.69, 9.17) is 0 Å². The van der Waals surface area contributed by atoms with E-state index in [0.29, 0.717) is 6.42 Å². The number of aryl methyl sites for hydroxylation is 2. The molecule has 1 amide bonds. The molecule has 0 radical (unpaired) electrons. The maximum atomic E-state index is 12.7. The summed E-state index contributed by atoms with van der Waals surface area (Å²) in [6.45, 7) is 6.17. The largest absolute Gasteiger partial charge is 0.346 e. The van der Waals surface area contributed by atoms with Crippen LogP contribution in [0.4, 0.5) is 5.69 Å². The van der Waals surface area contributed by atoms with E-state index < -0.39 is 0 Å². The Labute approximate surface area is 149 Å². The van der Waals surface area contributed by atoms with Crippen LogP contribution in [0.5, 0.6) is 0 Å². The normalized spacial score (nSPS) is 12.0. The van der Waals surface area contributed by atoms with E-state index in [1.807, 2.05) is 49.6 Å². The summed E-state index contributed by atoms with van der Waals surface area (Å²) in [6.07, 6.45) is 4.42. The molecule has 0 aliphatic rings. The molecule has 0 saturated heterocycles. The van der Waals surface area contributed by atoms with Crippen LogP contribution in [0.2, 0.25) is 0 Å². The molecular weight excluding hydrogens is 308 g/mol. The van der Waals surface area contributed by atoms with Crippen LogP contribution in [0.1, 0.15) is 34.7 Å². The monoisotopic (exact) mass is 332 g/mol. The van der Waals surface area contributed by atoms with Crippen molar-refractivity contribution in [3.63, 3.8) is 0 Å². The number of amides is 1. The van der Waals surface area contributed by atoms with Gasteiger partial charge in [0.2, 0.25) is 5.91 Å². The van der Waals surface area contributed by atoms with Crippen molar-refractivity contribution < 1.29 is 4.79 Å². The SMILES string of the molecule is Cc1cccc([C@H](CC(=O)Nc2cccc(C)c2C)n2cccc2)c1. The van der Waals surface area contributed by atoms with Gasteiger partial charge in [0.25, 0.3) is 0 Å². The van der Waals surface area contributed by atoms with E-state index in [2.05, 4.69) is 48.0 Å². The highest BCUT2D eigenvalue weighted by atomic mass is 16.1. The summed E-state index contributed by atoms with van der Waals surface area (Å²) in [5.74, 6) is 0.0221. The Morgan fingerprint density at radius 2 is 1.72 bits per heavy atom. The van der Waals surface area contributed by atoms with Crippen LogP contribution >= 0.6 is 0 Å². The topological polar surface area (TPSA) is 34.0 Å². The fraction of sp³-hybridized carbons (Fsp3) is 0.227. The van der Waals surface area contributed by atoms with Crippen LogP contribution in [0, 0.1) is 20.8 Å². The average Bonchev–Trinajstić information content (AvgIpc) is 3.11. The van der Waals surface area contributed by atoms with Gasteiger partial charge in [-0.2, -0.15) is 0 Å². The number of benzene rings is 2. The van der Waals surface area contributed by atoms with E-state index in [1.165, 1.54) is 11.1 Å². The van der Waals surface area contributed by atoms with Gasteiger partial charge in [0, 0.05) is 18.1 Å². The van der Waals surface area contributed by atoms with E-state index in [1.54, 1.807) is 0 Å². The third-order valence-corrected chi connectivity index (χ3v) is 4.67. The lowest BCUT2D eigenvalue weighted by atomic mass is 10.0. The summed E-state index contributed by atoms with van der Waals surface area (Å²) in [6, 6.07) is 18.3. The van der Waals surface area contributed by atoms with Crippen molar-refractivity contribution in [1.82, 2.24) is 4.57 Å². The van der Waals surface area contributed by atoms with Gasteiger partial charge >= 0.3 is 0 Å². The Balaban J connectivity index is 1.83. The summed E-state index contributed by atoms with van der Waals surface area (Å²) in [5, 5.41) is 3.08. The van der Waals surface area contributed by atoms with Crippen molar-refractivity contribution in [2.75, 3.05) is 5.32 Å². The van der Waals surface area contributed by atoms with Gasteiger partial charge in [-0.15, -0.1) is 0 Å². The number of nitrogens with zero attached hydrogens (tertiary/aromatic N) is 1. The highest BCUT2D eigenvalue weighted by Gasteiger charge is 2.18. The Morgan fingerprint density at radius 1 is 1.00 bits per heavy atom. The molecule has 3 nitrogen and oxygen atoms in total. The predicted molar refractivity (Wildman–Crippen MR) is 103 cm³/mol. The number of hydrogen-bond donors (Lipinski definition) is 1. The predicted octanol–water partition coefficient (Wildman–Crippen LogP) is 5.03. The second kappa shape index (κ2) is 7.39. The van der Waals surface area contributed by atoms with Gasteiger partial charge < -0.3 is 9.88 Å². The third-order valence-electron chi connectivity index (χ3n) is 4.67. The van der Waals surface area contributed by atoms with Crippen LogP contribution in [0.3, 0.4) is 0 Å². The second-order valence-corrected chi connectivity index (χ2v) is 6.56. The Bertz CT molecular complexity index is 865. The van der Waals surface area contributed by atoms with Crippen LogP contribution in [0.25, 0.3) is 0 Å². The first-order chi connectivity index (χ1) is 12.0. The first-order valence-corrected chi connectivity index (χ1v) is 8.59. The molecule has 1 aromatic heterocycles. The van der Waals surface area contributed by atoms with E-state index >= 15 is 0 Å². The molecule has 0 spiro atoms. The summed E-state index contributed by atoms with van der Waals surface area (Å²) in [4.78, 5) is 12.7. The summed E-state index contributed by atoms with van der Waals surface area (Å²) < 4.78 is 2.09. The maximum absolute atomic E-state index is 12.7. The zero-order valence-corrected chi connectivity index (χ0v) is 15.0. The van der Waals surface area contributed by atoms with Crippen LogP contribution < -0.4 is 5.32 Å². The molecule has 0 fully saturated rings. The number of carbonyl (C=O) groups excluding carboxylic acids is 1. The number of aromatic nitrogens is 1. The van der Waals surface area contributed by atoms with Crippen molar-refractivity contribution in [3.05, 3.63) is 89.2 Å². The van der Waals surface area contributed by atoms with Crippen molar-refractivity contribution >= 4 is 11.6 Å². The van der Waals surface area contributed by atoms with Gasteiger partial charge in [-0.1, -0.05) is 42.0 Å². The molecule has 0 saturated carbocycles. The van der Waals surface area contributed by atoms with E-state index in [-0.39, 0.29) is 11.9 Å². The molecule has 3 aromatic rings. The number of nitrogens with one attached hydrogen (secondary N) is 1. The van der Waals surface area contributed by atoms with Crippen molar-refractivity contribution in [2.45, 2.75) is 33.2 Å². The highest BCUT2D eigenvalue weighted by Crippen LogP contribution is 2.25. The molecule has 0 aliphatic carbocycles. The second-order valence-electron chi connectivity index (χ2n) is 6.56. The molecule has 1 heterocycles. The molecule has 0 unspecified atom stereocenters. The van der Waals surface area contributed by atoms with Gasteiger partial charge in [-0.3, -0.25) is 4.79 Å². The Kier molecular flexibility index (Phi) is 5.03. The molecule has 25 heavy (non-hydrogen) atoms. The molecule has 3 heteroatoms. The number of hydrogen-bond acceptors (Lipinski definition) is 1. The zero-order chi connectivity index (χ0) is 17.8. The third kappa shape index (κ3) is 4.00. The van der Waals surface area contributed by atoms with Crippen LogP contribution in [-0.4, -0.2) is 10.5 Å². The molecule has 0 aliphatic heterocycles. The highest BCUT2D eigenvalue weighted by molar-refractivity contribution is 5.92. The van der Waals surface area contributed by atoms with Crippen LogP contribution in [-0.2, 0) is 4.79 Å². The van der Waals surface area contributed by atoms with E-state index in [9.17, 15) is 4.79 Å². The molecule has 1 atom stereocenters. The molecule has 2 aromatic carbocycles. The average molecular weight is 332 g/mol. The van der Waals surface area contributed by atoms with Gasteiger partial charge in [-0.25, -0.2) is 0 Å². The minimum absolute atomic E-state index is 0.0139.